The highest BCUT2D eigenvalue weighted by Crippen LogP contribution is 2.28. The van der Waals surface area contributed by atoms with E-state index in [0.29, 0.717) is 12.0 Å². The van der Waals surface area contributed by atoms with Crippen LogP contribution < -0.4 is 5.32 Å². The molecule has 1 aliphatic carbocycles. The Morgan fingerprint density at radius 3 is 2.67 bits per heavy atom. The summed E-state index contributed by atoms with van der Waals surface area (Å²) in [6.07, 6.45) is 3.93. The molecule has 0 aromatic rings. The summed E-state index contributed by atoms with van der Waals surface area (Å²) in [7, 11) is 0. The first-order valence-corrected chi connectivity index (χ1v) is 5.97. The van der Waals surface area contributed by atoms with Gasteiger partial charge in [-0.15, -0.1) is 0 Å². The Morgan fingerprint density at radius 2 is 2.13 bits per heavy atom. The molecular formula is C12H23NO2. The fourth-order valence-electron chi connectivity index (χ4n) is 2.60. The minimum Gasteiger partial charge on any atom is -0.481 e. The van der Waals surface area contributed by atoms with Crippen molar-refractivity contribution in [3.63, 3.8) is 0 Å². The molecule has 0 bridgehead atoms. The van der Waals surface area contributed by atoms with Crippen LogP contribution in [0.25, 0.3) is 0 Å². The molecule has 0 amide bonds. The van der Waals surface area contributed by atoms with Crippen LogP contribution in [0.5, 0.6) is 0 Å². The van der Waals surface area contributed by atoms with Crippen LogP contribution in [0.2, 0.25) is 0 Å². The number of nitrogens with one attached hydrogen (secondary N) is 1. The zero-order valence-corrected chi connectivity index (χ0v) is 9.99. The van der Waals surface area contributed by atoms with E-state index in [4.69, 9.17) is 5.11 Å². The highest BCUT2D eigenvalue weighted by atomic mass is 16.4. The van der Waals surface area contributed by atoms with Crippen LogP contribution in [0.4, 0.5) is 0 Å². The van der Waals surface area contributed by atoms with Crippen molar-refractivity contribution in [3.05, 3.63) is 0 Å². The van der Waals surface area contributed by atoms with Gasteiger partial charge in [0.2, 0.25) is 0 Å². The van der Waals surface area contributed by atoms with Crippen molar-refractivity contribution >= 4 is 5.97 Å². The zero-order valence-electron chi connectivity index (χ0n) is 9.99. The largest absolute Gasteiger partial charge is 0.481 e. The van der Waals surface area contributed by atoms with E-state index in [2.05, 4.69) is 19.2 Å². The number of hydrogen-bond donors (Lipinski definition) is 2. The molecule has 2 N–H and O–H groups in total. The molecular weight excluding hydrogens is 190 g/mol. The van der Waals surface area contributed by atoms with Gasteiger partial charge in [0.25, 0.3) is 0 Å². The third-order valence-electron chi connectivity index (χ3n) is 3.41. The van der Waals surface area contributed by atoms with E-state index in [1.807, 2.05) is 6.92 Å². The van der Waals surface area contributed by atoms with Crippen LogP contribution in [0.3, 0.4) is 0 Å². The third-order valence-corrected chi connectivity index (χ3v) is 3.41. The number of hydrogen-bond acceptors (Lipinski definition) is 2. The molecule has 1 rings (SSSR count). The first kappa shape index (κ1) is 12.5. The first-order valence-electron chi connectivity index (χ1n) is 5.97. The molecule has 3 nitrogen and oxygen atoms in total. The fourth-order valence-corrected chi connectivity index (χ4v) is 2.60. The monoisotopic (exact) mass is 213 g/mol. The zero-order chi connectivity index (χ0) is 11.4. The van der Waals surface area contributed by atoms with Crippen LogP contribution in [0.15, 0.2) is 0 Å². The van der Waals surface area contributed by atoms with Crippen LogP contribution in [-0.2, 0) is 4.79 Å². The summed E-state index contributed by atoms with van der Waals surface area (Å²) in [6.45, 7) is 6.52. The Balaban J connectivity index is 2.34. The minimum atomic E-state index is -0.716. The van der Waals surface area contributed by atoms with Gasteiger partial charge >= 0.3 is 5.97 Å². The van der Waals surface area contributed by atoms with Crippen molar-refractivity contribution in [1.29, 1.82) is 0 Å². The number of carboxylic acids is 1. The predicted molar refractivity (Wildman–Crippen MR) is 60.8 cm³/mol. The lowest BCUT2D eigenvalue weighted by Crippen LogP contribution is -2.44. The van der Waals surface area contributed by atoms with E-state index in [0.717, 1.165) is 5.92 Å². The number of carboxylic acid groups (broad SMARTS) is 1. The summed E-state index contributed by atoms with van der Waals surface area (Å²) in [4.78, 5) is 10.5. The highest BCUT2D eigenvalue weighted by molar-refractivity contribution is 5.67. The van der Waals surface area contributed by atoms with Gasteiger partial charge in [-0.2, -0.15) is 0 Å². The molecule has 0 aromatic heterocycles. The van der Waals surface area contributed by atoms with Gasteiger partial charge in [0.15, 0.2) is 0 Å². The number of rotatable bonds is 4. The van der Waals surface area contributed by atoms with E-state index in [9.17, 15) is 4.79 Å². The second kappa shape index (κ2) is 5.50. The summed E-state index contributed by atoms with van der Waals surface area (Å²) >= 11 is 0. The first-order chi connectivity index (χ1) is 6.99. The Morgan fingerprint density at radius 1 is 1.47 bits per heavy atom. The summed E-state index contributed by atoms with van der Waals surface area (Å²) in [6, 6.07) is 0.596. The predicted octanol–water partition coefficient (Wildman–Crippen LogP) is 2.26. The van der Waals surface area contributed by atoms with Gasteiger partial charge in [-0.05, 0) is 38.0 Å². The van der Waals surface area contributed by atoms with E-state index >= 15 is 0 Å². The average molecular weight is 213 g/mol. The SMILES string of the molecule is CC1CCC(NC(C)CC(=O)O)C(C)C1. The summed E-state index contributed by atoms with van der Waals surface area (Å²) < 4.78 is 0. The van der Waals surface area contributed by atoms with E-state index < -0.39 is 5.97 Å². The molecule has 1 saturated carbocycles. The van der Waals surface area contributed by atoms with Crippen LogP contribution in [-0.4, -0.2) is 23.2 Å². The Bertz CT molecular complexity index is 218. The van der Waals surface area contributed by atoms with Crippen molar-refractivity contribution in [3.8, 4) is 0 Å². The van der Waals surface area contributed by atoms with Gasteiger partial charge in [0.05, 0.1) is 6.42 Å². The molecule has 4 unspecified atom stereocenters. The van der Waals surface area contributed by atoms with Crippen LogP contribution in [0.1, 0.15) is 46.5 Å². The smallest absolute Gasteiger partial charge is 0.304 e. The van der Waals surface area contributed by atoms with Crippen molar-refractivity contribution < 1.29 is 9.90 Å². The molecule has 1 aliphatic rings. The quantitative estimate of drug-likeness (QED) is 0.753. The molecule has 1 fully saturated rings. The number of aliphatic carboxylic acids is 1. The standard InChI is InChI=1S/C12H23NO2/c1-8-4-5-11(9(2)6-8)13-10(3)7-12(14)15/h8-11,13H,4-7H2,1-3H3,(H,14,15). The molecule has 0 saturated heterocycles. The molecule has 0 radical (unpaired) electrons. The third kappa shape index (κ3) is 4.20. The Labute approximate surface area is 92.3 Å². The summed E-state index contributed by atoms with van der Waals surface area (Å²) in [5, 5.41) is 12.1. The van der Waals surface area contributed by atoms with Gasteiger partial charge in [-0.3, -0.25) is 4.79 Å². The van der Waals surface area contributed by atoms with Crippen molar-refractivity contribution in [2.45, 2.75) is 58.5 Å². The van der Waals surface area contributed by atoms with Crippen LogP contribution >= 0.6 is 0 Å². The fraction of sp³-hybridized carbons (Fsp3) is 0.917. The van der Waals surface area contributed by atoms with E-state index in [1.54, 1.807) is 0 Å². The molecule has 0 aromatic carbocycles. The molecule has 0 heterocycles. The average Bonchev–Trinajstić information content (AvgIpc) is 2.08. The van der Waals surface area contributed by atoms with Crippen molar-refractivity contribution in [2.75, 3.05) is 0 Å². The minimum absolute atomic E-state index is 0.0864. The number of carbonyl (C=O) groups is 1. The van der Waals surface area contributed by atoms with Gasteiger partial charge in [-0.25, -0.2) is 0 Å². The molecule has 4 atom stereocenters. The topological polar surface area (TPSA) is 49.3 Å². The maximum Gasteiger partial charge on any atom is 0.304 e. The lowest BCUT2D eigenvalue weighted by Gasteiger charge is -2.35. The van der Waals surface area contributed by atoms with Crippen molar-refractivity contribution in [1.82, 2.24) is 5.32 Å². The van der Waals surface area contributed by atoms with E-state index in [1.165, 1.54) is 19.3 Å². The lowest BCUT2D eigenvalue weighted by atomic mass is 9.79. The van der Waals surface area contributed by atoms with Gasteiger partial charge in [-0.1, -0.05) is 13.8 Å². The molecule has 88 valence electrons. The van der Waals surface area contributed by atoms with Gasteiger partial charge in [0.1, 0.15) is 0 Å². The van der Waals surface area contributed by atoms with Gasteiger partial charge < -0.3 is 10.4 Å². The Hall–Kier alpha value is -0.570. The maximum absolute atomic E-state index is 10.5. The molecule has 15 heavy (non-hydrogen) atoms. The molecule has 0 spiro atoms. The van der Waals surface area contributed by atoms with Crippen LogP contribution in [0, 0.1) is 11.8 Å². The Kier molecular flexibility index (Phi) is 4.58. The second-order valence-corrected chi connectivity index (χ2v) is 5.17. The molecule has 0 aliphatic heterocycles. The normalized spacial score (nSPS) is 33.7. The maximum atomic E-state index is 10.5. The molecule has 3 heteroatoms. The van der Waals surface area contributed by atoms with Crippen molar-refractivity contribution in [2.24, 2.45) is 11.8 Å². The summed E-state index contributed by atoms with van der Waals surface area (Å²) in [5.74, 6) is 0.782. The van der Waals surface area contributed by atoms with E-state index in [-0.39, 0.29) is 12.5 Å². The second-order valence-electron chi connectivity index (χ2n) is 5.17. The van der Waals surface area contributed by atoms with Gasteiger partial charge in [0, 0.05) is 12.1 Å². The highest BCUT2D eigenvalue weighted by Gasteiger charge is 2.26. The summed E-state index contributed by atoms with van der Waals surface area (Å²) in [5.41, 5.74) is 0. The lowest BCUT2D eigenvalue weighted by molar-refractivity contribution is -0.137.